The van der Waals surface area contributed by atoms with E-state index in [0.717, 1.165) is 30.0 Å². The summed E-state index contributed by atoms with van der Waals surface area (Å²) >= 11 is 1.46. The summed E-state index contributed by atoms with van der Waals surface area (Å²) in [5, 5.41) is 22.7. The van der Waals surface area contributed by atoms with Crippen molar-refractivity contribution in [3.8, 4) is 10.4 Å². The van der Waals surface area contributed by atoms with Crippen molar-refractivity contribution in [2.45, 2.75) is 45.8 Å². The molecule has 38 heavy (non-hydrogen) atoms. The largest absolute Gasteiger partial charge is 0.465 e. The van der Waals surface area contributed by atoms with Crippen LogP contribution >= 0.6 is 11.3 Å². The van der Waals surface area contributed by atoms with Crippen molar-refractivity contribution in [2.75, 3.05) is 31.1 Å². The van der Waals surface area contributed by atoms with Gasteiger partial charge in [0.15, 0.2) is 5.13 Å². The van der Waals surface area contributed by atoms with Crippen molar-refractivity contribution < 1.29 is 28.2 Å². The molecule has 1 aromatic heterocycles. The molecular weight excluding hydrogens is 517 g/mol. The first kappa shape index (κ1) is 31.1. The molecule has 1 amide bonds. The van der Waals surface area contributed by atoms with Crippen LogP contribution in [0.1, 0.15) is 31.4 Å². The number of thiazole rings is 1. The number of β-amino-alcohol motifs (C(OH)–C–C–N with tert-alkyl or cyclic N) is 1. The molecule has 5 rings (SSSR count). The monoisotopic (exact) mass is 552 g/mol. The quantitative estimate of drug-likeness (QED) is 0.340. The normalized spacial score (nSPS) is 16.9. The molecular formula is C27H35F3N4O3S. The summed E-state index contributed by atoms with van der Waals surface area (Å²) in [4.78, 5) is 16.9. The van der Waals surface area contributed by atoms with E-state index in [1.165, 1.54) is 35.1 Å². The Balaban J connectivity index is 0.000000218. The summed E-state index contributed by atoms with van der Waals surface area (Å²) < 4.78 is 38.1. The summed E-state index contributed by atoms with van der Waals surface area (Å²) in [5.74, 6) is -2.91. The highest BCUT2D eigenvalue weighted by Gasteiger charge is 2.45. The van der Waals surface area contributed by atoms with Crippen molar-refractivity contribution in [1.29, 1.82) is 0 Å². The molecule has 3 heterocycles. The Bertz CT molecular complexity index is 1110. The Morgan fingerprint density at radius 1 is 1.21 bits per heavy atom. The minimum atomic E-state index is -2.55. The van der Waals surface area contributed by atoms with Crippen LogP contribution in [0.25, 0.3) is 10.4 Å². The molecule has 7 nitrogen and oxygen atoms in total. The average Bonchev–Trinajstić information content (AvgIpc) is 3.56. The third-order valence-corrected chi connectivity index (χ3v) is 6.42. The number of nitrogens with zero attached hydrogens (tertiary/aromatic N) is 2. The number of amides is 1. The molecule has 0 aliphatic carbocycles. The molecule has 2 aromatic carbocycles. The Morgan fingerprint density at radius 3 is 2.39 bits per heavy atom. The number of carbonyl (C=O) groups is 1. The fourth-order valence-corrected chi connectivity index (χ4v) is 4.29. The number of nitrogens with one attached hydrogen (secondary N) is 2. The minimum absolute atomic E-state index is 0.0648. The van der Waals surface area contributed by atoms with E-state index in [1.807, 2.05) is 45.0 Å². The lowest BCUT2D eigenvalue weighted by molar-refractivity contribution is -0.0262. The Morgan fingerprint density at radius 2 is 1.89 bits per heavy atom. The molecule has 2 saturated heterocycles. The molecule has 2 fully saturated rings. The number of carboxylic acid groups (broad SMARTS) is 1. The molecule has 3 aromatic rings. The number of aliphatic hydroxyl groups is 1. The second kappa shape index (κ2) is 15.3. The number of aryl methyl sites for hydroxylation is 1. The molecule has 2 aliphatic rings. The molecule has 0 radical (unpaired) electrons. The highest BCUT2D eigenvalue weighted by Crippen LogP contribution is 2.37. The van der Waals surface area contributed by atoms with Crippen LogP contribution in [0.5, 0.6) is 0 Å². The molecule has 11 heteroatoms. The maximum atomic E-state index is 12.8. The van der Waals surface area contributed by atoms with Gasteiger partial charge in [-0.25, -0.2) is 22.9 Å². The smallest absolute Gasteiger partial charge is 0.404 e. The number of aliphatic hydroxyl groups excluding tert-OH is 1. The van der Waals surface area contributed by atoms with E-state index in [4.69, 9.17) is 10.2 Å². The molecule has 1 atom stereocenters. The number of rotatable bonds is 4. The van der Waals surface area contributed by atoms with Gasteiger partial charge in [-0.1, -0.05) is 67.1 Å². The zero-order chi connectivity index (χ0) is 28.1. The third kappa shape index (κ3) is 10.7. The zero-order valence-corrected chi connectivity index (χ0v) is 22.6. The first-order chi connectivity index (χ1) is 18.1. The van der Waals surface area contributed by atoms with Crippen molar-refractivity contribution in [3.63, 3.8) is 0 Å². The van der Waals surface area contributed by atoms with Crippen LogP contribution in [0.15, 0.2) is 54.7 Å². The van der Waals surface area contributed by atoms with Gasteiger partial charge < -0.3 is 25.7 Å². The summed E-state index contributed by atoms with van der Waals surface area (Å²) in [7, 11) is 0. The maximum Gasteiger partial charge on any atom is 0.404 e. The van der Waals surface area contributed by atoms with Crippen LogP contribution < -0.4 is 15.5 Å². The lowest BCUT2D eigenvalue weighted by Gasteiger charge is -2.38. The van der Waals surface area contributed by atoms with Gasteiger partial charge in [0.05, 0.1) is 24.1 Å². The summed E-state index contributed by atoms with van der Waals surface area (Å²) in [6.07, 6.45) is 1.51. The van der Waals surface area contributed by atoms with Gasteiger partial charge >= 0.3 is 6.09 Å². The van der Waals surface area contributed by atoms with Crippen LogP contribution in [-0.4, -0.2) is 59.5 Å². The number of aromatic nitrogens is 1. The number of anilines is 1. The van der Waals surface area contributed by atoms with Gasteiger partial charge in [-0.15, -0.1) is 0 Å². The topological polar surface area (TPSA) is 97.7 Å². The van der Waals surface area contributed by atoms with Gasteiger partial charge in [0.25, 0.3) is 5.92 Å². The highest BCUT2D eigenvalue weighted by molar-refractivity contribution is 7.18. The zero-order valence-electron chi connectivity index (χ0n) is 21.8. The minimum Gasteiger partial charge on any atom is -0.465 e. The van der Waals surface area contributed by atoms with Gasteiger partial charge in [0.2, 0.25) is 0 Å². The second-order valence-electron chi connectivity index (χ2n) is 8.52. The molecule has 1 unspecified atom stereocenters. The fourth-order valence-electron chi connectivity index (χ4n) is 3.37. The van der Waals surface area contributed by atoms with E-state index in [9.17, 15) is 18.0 Å². The number of hydrogen-bond acceptors (Lipinski definition) is 6. The first-order valence-corrected chi connectivity index (χ1v) is 13.2. The standard InChI is InChI=1S/C13H12F2N2S.C8H8FNO2.C4H9NO.C2H6/c1-9-2-4-10(5-3-9)11-6-16-12(18-11)17-7-13(14,15)8-17;9-7-3-1-2-6(4-7)5-10-8(11)12;6-4-1-2-5-3-4;1-2/h2-6H,7-8H2,1H3;1-4,10H,5H2,(H,11,12);4-6H,1-3H2;1-2H3. The van der Waals surface area contributed by atoms with Gasteiger partial charge in [-0.05, 0) is 43.1 Å². The lowest BCUT2D eigenvalue weighted by atomic mass is 10.1. The predicted molar refractivity (Wildman–Crippen MR) is 146 cm³/mol. The lowest BCUT2D eigenvalue weighted by Crippen LogP contribution is -2.56. The van der Waals surface area contributed by atoms with Crippen LogP contribution in [0.2, 0.25) is 0 Å². The van der Waals surface area contributed by atoms with E-state index >= 15 is 0 Å². The second-order valence-corrected chi connectivity index (χ2v) is 9.53. The van der Waals surface area contributed by atoms with Crippen LogP contribution in [0.4, 0.5) is 23.1 Å². The van der Waals surface area contributed by atoms with Crippen LogP contribution in [0, 0.1) is 12.7 Å². The number of benzene rings is 2. The molecule has 208 valence electrons. The molecule has 0 spiro atoms. The Hall–Kier alpha value is -3.15. The summed E-state index contributed by atoms with van der Waals surface area (Å²) in [6.45, 7) is 7.51. The Kier molecular flexibility index (Phi) is 12.5. The van der Waals surface area contributed by atoms with Crippen molar-refractivity contribution in [1.82, 2.24) is 15.6 Å². The first-order valence-electron chi connectivity index (χ1n) is 12.4. The highest BCUT2D eigenvalue weighted by atomic mass is 32.1. The van der Waals surface area contributed by atoms with Crippen LogP contribution in [-0.2, 0) is 6.54 Å². The van der Waals surface area contributed by atoms with Crippen molar-refractivity contribution in [3.05, 3.63) is 71.7 Å². The maximum absolute atomic E-state index is 12.8. The van der Waals surface area contributed by atoms with Crippen molar-refractivity contribution in [2.24, 2.45) is 0 Å². The average molecular weight is 553 g/mol. The van der Waals surface area contributed by atoms with Gasteiger partial charge in [-0.3, -0.25) is 0 Å². The molecule has 0 saturated carbocycles. The van der Waals surface area contributed by atoms with E-state index < -0.39 is 12.0 Å². The van der Waals surface area contributed by atoms with Crippen LogP contribution in [0.3, 0.4) is 0 Å². The fraction of sp³-hybridized carbons (Fsp3) is 0.407. The van der Waals surface area contributed by atoms with E-state index in [1.54, 1.807) is 17.2 Å². The summed E-state index contributed by atoms with van der Waals surface area (Å²) in [5.41, 5.74) is 2.89. The molecule has 4 N–H and O–H groups in total. The van der Waals surface area contributed by atoms with Gasteiger partial charge in [0, 0.05) is 19.3 Å². The van der Waals surface area contributed by atoms with Gasteiger partial charge in [-0.2, -0.15) is 0 Å². The third-order valence-electron chi connectivity index (χ3n) is 5.31. The SMILES string of the molecule is CC.Cc1ccc(-c2cnc(N3CC(F)(F)C3)s2)cc1.O=C(O)NCc1cccc(F)c1.OC1CCNC1. The van der Waals surface area contributed by atoms with E-state index in [2.05, 4.69) is 15.6 Å². The Labute approximate surface area is 225 Å². The number of halogens is 3. The number of hydrogen-bond donors (Lipinski definition) is 4. The van der Waals surface area contributed by atoms with E-state index in [0.29, 0.717) is 10.7 Å². The molecule has 2 aliphatic heterocycles. The van der Waals surface area contributed by atoms with E-state index in [-0.39, 0.29) is 31.6 Å². The summed E-state index contributed by atoms with van der Waals surface area (Å²) in [6, 6.07) is 13.9. The predicted octanol–water partition coefficient (Wildman–Crippen LogP) is 5.53. The van der Waals surface area contributed by atoms with Gasteiger partial charge in [0.1, 0.15) is 5.82 Å². The molecule has 0 bridgehead atoms. The number of alkyl halides is 2. The van der Waals surface area contributed by atoms with Crippen molar-refractivity contribution >= 4 is 22.6 Å².